The van der Waals surface area contributed by atoms with E-state index < -0.39 is 5.82 Å². The molecular weight excluding hydrogens is 259 g/mol. The number of ether oxygens (including phenoxy) is 1. The average molecular weight is 282 g/mol. The number of hydrogen-bond donors (Lipinski definition) is 2. The summed E-state index contributed by atoms with van der Waals surface area (Å²) in [5.74, 6) is 0.0829. The molecule has 1 aromatic carbocycles. The van der Waals surface area contributed by atoms with Crippen molar-refractivity contribution in [3.63, 3.8) is 0 Å². The fourth-order valence-electron chi connectivity index (χ4n) is 2.08. The van der Waals surface area contributed by atoms with Crippen LogP contribution in [0, 0.1) is 11.7 Å². The van der Waals surface area contributed by atoms with E-state index in [9.17, 15) is 9.18 Å². The highest BCUT2D eigenvalue weighted by Crippen LogP contribution is 2.22. The van der Waals surface area contributed by atoms with Crippen LogP contribution in [0.15, 0.2) is 18.2 Å². The van der Waals surface area contributed by atoms with Gasteiger partial charge in [0.1, 0.15) is 0 Å². The maximum Gasteiger partial charge on any atom is 0.224 e. The first-order valence-electron chi connectivity index (χ1n) is 6.94. The first-order chi connectivity index (χ1) is 9.60. The van der Waals surface area contributed by atoms with E-state index >= 15 is 0 Å². The fraction of sp³-hybridized carbons (Fsp3) is 0.533. The van der Waals surface area contributed by atoms with Crippen molar-refractivity contribution in [3.05, 3.63) is 24.0 Å². The zero-order valence-electron chi connectivity index (χ0n) is 12.1. The van der Waals surface area contributed by atoms with E-state index in [1.807, 2.05) is 0 Å². The van der Waals surface area contributed by atoms with Crippen molar-refractivity contribution in [2.45, 2.75) is 32.6 Å². The highest BCUT2D eigenvalue weighted by atomic mass is 19.1. The maximum absolute atomic E-state index is 13.2. The maximum atomic E-state index is 13.2. The van der Waals surface area contributed by atoms with Crippen LogP contribution < -0.4 is 15.8 Å². The number of rotatable bonds is 8. The standard InChI is InChI=1S/C15H23FN2O2/c1-3-11(8-9-17)4-7-15(19)18-12-5-6-13(16)14(10-12)20-2/h5-6,10-11H,3-4,7-9,17H2,1-2H3,(H,18,19). The minimum atomic E-state index is -0.445. The van der Waals surface area contributed by atoms with Crippen LogP contribution in [0.4, 0.5) is 10.1 Å². The van der Waals surface area contributed by atoms with Gasteiger partial charge in [0, 0.05) is 18.2 Å². The number of hydrogen-bond acceptors (Lipinski definition) is 3. The van der Waals surface area contributed by atoms with Gasteiger partial charge >= 0.3 is 0 Å². The molecule has 0 heterocycles. The summed E-state index contributed by atoms with van der Waals surface area (Å²) in [6, 6.07) is 4.27. The third-order valence-corrected chi connectivity index (χ3v) is 3.37. The number of halogens is 1. The fourth-order valence-corrected chi connectivity index (χ4v) is 2.08. The van der Waals surface area contributed by atoms with Gasteiger partial charge in [0.05, 0.1) is 7.11 Å². The Morgan fingerprint density at radius 2 is 2.20 bits per heavy atom. The normalized spacial score (nSPS) is 12.0. The summed E-state index contributed by atoms with van der Waals surface area (Å²) in [5.41, 5.74) is 6.07. The minimum absolute atomic E-state index is 0.0749. The van der Waals surface area contributed by atoms with Crippen molar-refractivity contribution in [2.24, 2.45) is 11.7 Å². The number of amides is 1. The lowest BCUT2D eigenvalue weighted by Gasteiger charge is -2.13. The second kappa shape index (κ2) is 8.53. The Morgan fingerprint density at radius 3 is 2.80 bits per heavy atom. The van der Waals surface area contributed by atoms with Crippen LogP contribution in [-0.4, -0.2) is 19.6 Å². The van der Waals surface area contributed by atoms with Crippen LogP contribution >= 0.6 is 0 Å². The van der Waals surface area contributed by atoms with E-state index in [0.717, 1.165) is 19.3 Å². The molecule has 4 nitrogen and oxygen atoms in total. The van der Waals surface area contributed by atoms with E-state index in [-0.39, 0.29) is 11.7 Å². The molecule has 1 amide bonds. The SMILES string of the molecule is CCC(CCN)CCC(=O)Nc1ccc(F)c(OC)c1. The molecule has 0 aliphatic heterocycles. The number of benzene rings is 1. The van der Waals surface area contributed by atoms with Crippen molar-refractivity contribution in [2.75, 3.05) is 19.0 Å². The summed E-state index contributed by atoms with van der Waals surface area (Å²) in [6.07, 6.45) is 3.22. The molecule has 3 N–H and O–H groups in total. The lowest BCUT2D eigenvalue weighted by molar-refractivity contribution is -0.116. The van der Waals surface area contributed by atoms with E-state index in [1.54, 1.807) is 0 Å². The van der Waals surface area contributed by atoms with Gasteiger partial charge in [-0.2, -0.15) is 0 Å². The molecule has 1 aromatic rings. The number of carbonyl (C=O) groups excluding carboxylic acids is 1. The summed E-state index contributed by atoms with van der Waals surface area (Å²) >= 11 is 0. The molecule has 20 heavy (non-hydrogen) atoms. The third kappa shape index (κ3) is 5.17. The lowest BCUT2D eigenvalue weighted by Crippen LogP contribution is -2.15. The van der Waals surface area contributed by atoms with Crippen LogP contribution in [0.3, 0.4) is 0 Å². The van der Waals surface area contributed by atoms with E-state index in [1.165, 1.54) is 25.3 Å². The van der Waals surface area contributed by atoms with Crippen LogP contribution in [0.2, 0.25) is 0 Å². The Labute approximate surface area is 119 Å². The zero-order valence-corrected chi connectivity index (χ0v) is 12.1. The first-order valence-corrected chi connectivity index (χ1v) is 6.94. The van der Waals surface area contributed by atoms with Crippen molar-refractivity contribution < 1.29 is 13.9 Å². The predicted octanol–water partition coefficient (Wildman–Crippen LogP) is 2.93. The number of nitrogens with two attached hydrogens (primary N) is 1. The second-order valence-electron chi connectivity index (χ2n) is 4.79. The molecule has 0 spiro atoms. The highest BCUT2D eigenvalue weighted by Gasteiger charge is 2.10. The van der Waals surface area contributed by atoms with Crippen molar-refractivity contribution >= 4 is 11.6 Å². The number of carbonyl (C=O) groups is 1. The molecule has 0 radical (unpaired) electrons. The topological polar surface area (TPSA) is 64.4 Å². The summed E-state index contributed by atoms with van der Waals surface area (Å²) in [4.78, 5) is 11.8. The van der Waals surface area contributed by atoms with Crippen molar-refractivity contribution in [3.8, 4) is 5.75 Å². The smallest absolute Gasteiger partial charge is 0.224 e. The predicted molar refractivity (Wildman–Crippen MR) is 78.3 cm³/mol. The molecule has 5 heteroatoms. The highest BCUT2D eigenvalue weighted by molar-refractivity contribution is 5.90. The van der Waals surface area contributed by atoms with Gasteiger partial charge in [0.25, 0.3) is 0 Å². The zero-order chi connectivity index (χ0) is 15.0. The molecule has 1 unspecified atom stereocenters. The van der Waals surface area contributed by atoms with E-state index in [2.05, 4.69) is 12.2 Å². The van der Waals surface area contributed by atoms with Gasteiger partial charge in [-0.15, -0.1) is 0 Å². The molecular formula is C15H23FN2O2. The van der Waals surface area contributed by atoms with Crippen LogP contribution in [0.5, 0.6) is 5.75 Å². The van der Waals surface area contributed by atoms with E-state index in [4.69, 9.17) is 10.5 Å². The number of anilines is 1. The number of nitrogens with one attached hydrogen (secondary N) is 1. The summed E-state index contributed by atoms with van der Waals surface area (Å²) in [7, 11) is 1.39. The second-order valence-corrected chi connectivity index (χ2v) is 4.79. The lowest BCUT2D eigenvalue weighted by atomic mass is 9.96. The van der Waals surface area contributed by atoms with Crippen molar-refractivity contribution in [1.29, 1.82) is 0 Å². The Morgan fingerprint density at radius 1 is 1.45 bits per heavy atom. The number of methoxy groups -OCH3 is 1. The van der Waals surface area contributed by atoms with Crippen LogP contribution in [0.1, 0.15) is 32.6 Å². The quantitative estimate of drug-likeness (QED) is 0.770. The monoisotopic (exact) mass is 282 g/mol. The molecule has 0 saturated heterocycles. The minimum Gasteiger partial charge on any atom is -0.494 e. The van der Waals surface area contributed by atoms with Gasteiger partial charge in [0.15, 0.2) is 11.6 Å². The molecule has 112 valence electrons. The Hall–Kier alpha value is -1.62. The molecule has 1 rings (SSSR count). The van der Waals surface area contributed by atoms with Crippen LogP contribution in [0.25, 0.3) is 0 Å². The van der Waals surface area contributed by atoms with Crippen LogP contribution in [-0.2, 0) is 4.79 Å². The van der Waals surface area contributed by atoms with Gasteiger partial charge in [-0.05, 0) is 37.4 Å². The molecule has 0 aliphatic rings. The summed E-state index contributed by atoms with van der Waals surface area (Å²) < 4.78 is 18.1. The van der Waals surface area contributed by atoms with Gasteiger partial charge in [-0.3, -0.25) is 4.79 Å². The Bertz CT molecular complexity index is 438. The molecule has 0 saturated carbocycles. The summed E-state index contributed by atoms with van der Waals surface area (Å²) in [5, 5.41) is 2.75. The molecule has 1 atom stereocenters. The molecule has 0 aromatic heterocycles. The Kier molecular flexibility index (Phi) is 7.01. The molecule has 0 aliphatic carbocycles. The molecule has 0 bridgehead atoms. The van der Waals surface area contributed by atoms with Gasteiger partial charge in [0.2, 0.25) is 5.91 Å². The molecule has 0 fully saturated rings. The summed E-state index contributed by atoms with van der Waals surface area (Å²) in [6.45, 7) is 2.75. The van der Waals surface area contributed by atoms with Gasteiger partial charge in [-0.1, -0.05) is 13.3 Å². The first kappa shape index (κ1) is 16.4. The third-order valence-electron chi connectivity index (χ3n) is 3.37. The average Bonchev–Trinajstić information content (AvgIpc) is 2.45. The van der Waals surface area contributed by atoms with E-state index in [0.29, 0.717) is 24.6 Å². The van der Waals surface area contributed by atoms with Gasteiger partial charge in [-0.25, -0.2) is 4.39 Å². The largest absolute Gasteiger partial charge is 0.494 e. The van der Waals surface area contributed by atoms with Gasteiger partial charge < -0.3 is 15.8 Å². The Balaban J connectivity index is 2.49. The van der Waals surface area contributed by atoms with Crippen molar-refractivity contribution in [1.82, 2.24) is 0 Å².